The van der Waals surface area contributed by atoms with E-state index in [1.54, 1.807) is 6.33 Å². The zero-order valence-corrected chi connectivity index (χ0v) is 14.8. The number of nitrogens with one attached hydrogen (secondary N) is 1. The largest absolute Gasteiger partial charge is 0.381 e. The molecule has 1 amide bonds. The van der Waals surface area contributed by atoms with E-state index in [-0.39, 0.29) is 11.3 Å². The van der Waals surface area contributed by atoms with Crippen LogP contribution in [-0.2, 0) is 9.53 Å². The Morgan fingerprint density at radius 1 is 1.27 bits per heavy atom. The summed E-state index contributed by atoms with van der Waals surface area (Å²) in [5, 5.41) is 1.16. The van der Waals surface area contributed by atoms with E-state index in [9.17, 15) is 4.79 Å². The standard InChI is InChI=1S/C19H23N5O2/c1-2-15(25)23-8-19(9-23)10-24(11-19)18-16-14(13-3-5-26-6-4-13)7-20-17(16)21-12-22-18/h2,7,12-13H,1,3-6,8-11H2,(H,20,21,22). The van der Waals surface area contributed by atoms with Gasteiger partial charge in [-0.1, -0.05) is 6.58 Å². The lowest BCUT2D eigenvalue weighted by Crippen LogP contribution is -2.73. The quantitative estimate of drug-likeness (QED) is 0.850. The van der Waals surface area contributed by atoms with Crippen LogP contribution in [0.1, 0.15) is 24.3 Å². The van der Waals surface area contributed by atoms with Gasteiger partial charge >= 0.3 is 0 Å². The van der Waals surface area contributed by atoms with Crippen molar-refractivity contribution in [3.63, 3.8) is 0 Å². The third-order valence-electron chi connectivity index (χ3n) is 6.03. The number of carbonyl (C=O) groups is 1. The van der Waals surface area contributed by atoms with E-state index in [0.29, 0.717) is 5.92 Å². The molecule has 0 saturated carbocycles. The van der Waals surface area contributed by atoms with Gasteiger partial charge in [-0.05, 0) is 30.4 Å². The summed E-state index contributed by atoms with van der Waals surface area (Å²) in [6.45, 7) is 8.74. The molecule has 0 aromatic carbocycles. The fraction of sp³-hybridized carbons (Fsp3) is 0.526. The Bertz CT molecular complexity index is 856. The lowest BCUT2D eigenvalue weighted by atomic mass is 9.72. The molecule has 0 atom stereocenters. The Hall–Kier alpha value is -2.41. The van der Waals surface area contributed by atoms with Gasteiger partial charge in [0, 0.05) is 51.0 Å². The van der Waals surface area contributed by atoms with Crippen LogP contribution in [0.3, 0.4) is 0 Å². The summed E-state index contributed by atoms with van der Waals surface area (Å²) in [4.78, 5) is 28.3. The van der Waals surface area contributed by atoms with Gasteiger partial charge < -0.3 is 19.5 Å². The van der Waals surface area contributed by atoms with Gasteiger partial charge in [-0.2, -0.15) is 0 Å². The van der Waals surface area contributed by atoms with Crippen LogP contribution in [0.2, 0.25) is 0 Å². The van der Waals surface area contributed by atoms with Crippen molar-refractivity contribution < 1.29 is 9.53 Å². The van der Waals surface area contributed by atoms with Crippen LogP contribution in [0.4, 0.5) is 5.82 Å². The van der Waals surface area contributed by atoms with Crippen molar-refractivity contribution in [2.45, 2.75) is 18.8 Å². The molecule has 3 aliphatic rings. The van der Waals surface area contributed by atoms with Crippen molar-refractivity contribution in [2.75, 3.05) is 44.3 Å². The highest BCUT2D eigenvalue weighted by molar-refractivity contribution is 5.92. The van der Waals surface area contributed by atoms with E-state index in [1.165, 1.54) is 11.6 Å². The zero-order chi connectivity index (χ0) is 17.7. The molecule has 3 fully saturated rings. The van der Waals surface area contributed by atoms with Crippen LogP contribution in [-0.4, -0.2) is 65.2 Å². The predicted octanol–water partition coefficient (Wildman–Crippen LogP) is 1.69. The molecule has 0 radical (unpaired) electrons. The normalized spacial score (nSPS) is 22.3. The number of likely N-dealkylation sites (tertiary alicyclic amines) is 1. The van der Waals surface area contributed by atoms with Crippen LogP contribution >= 0.6 is 0 Å². The summed E-state index contributed by atoms with van der Waals surface area (Å²) in [6.07, 6.45) is 7.23. The first-order valence-corrected chi connectivity index (χ1v) is 9.25. The second-order valence-corrected chi connectivity index (χ2v) is 7.81. The van der Waals surface area contributed by atoms with Crippen molar-refractivity contribution in [1.29, 1.82) is 0 Å². The van der Waals surface area contributed by atoms with Gasteiger partial charge in [0.05, 0.1) is 5.39 Å². The van der Waals surface area contributed by atoms with Gasteiger partial charge in [-0.15, -0.1) is 0 Å². The molecule has 7 heteroatoms. The van der Waals surface area contributed by atoms with Crippen molar-refractivity contribution in [1.82, 2.24) is 19.9 Å². The maximum Gasteiger partial charge on any atom is 0.245 e. The molecule has 0 aliphatic carbocycles. The van der Waals surface area contributed by atoms with Crippen molar-refractivity contribution in [2.24, 2.45) is 5.41 Å². The number of aromatic amines is 1. The highest BCUT2D eigenvalue weighted by Gasteiger charge is 2.53. The van der Waals surface area contributed by atoms with Crippen molar-refractivity contribution >= 4 is 22.8 Å². The maximum absolute atomic E-state index is 11.7. The van der Waals surface area contributed by atoms with Gasteiger partial charge in [-0.3, -0.25) is 4.79 Å². The Morgan fingerprint density at radius 2 is 2.04 bits per heavy atom. The third-order valence-corrected chi connectivity index (χ3v) is 6.03. The number of carbonyl (C=O) groups excluding carboxylic acids is 1. The molecule has 5 rings (SSSR count). The first-order valence-electron chi connectivity index (χ1n) is 9.25. The van der Waals surface area contributed by atoms with Gasteiger partial charge in [0.2, 0.25) is 5.91 Å². The smallest absolute Gasteiger partial charge is 0.245 e. The first-order chi connectivity index (χ1) is 12.7. The summed E-state index contributed by atoms with van der Waals surface area (Å²) >= 11 is 0. The van der Waals surface area contributed by atoms with Gasteiger partial charge in [0.1, 0.15) is 17.8 Å². The topological polar surface area (TPSA) is 74.4 Å². The number of rotatable bonds is 3. The number of hydrogen-bond acceptors (Lipinski definition) is 5. The SMILES string of the molecule is C=CC(=O)N1CC2(C1)CN(c1ncnc3[nH]cc(C4CCOCC4)c13)C2. The molecule has 5 heterocycles. The van der Waals surface area contributed by atoms with Crippen LogP contribution in [0, 0.1) is 5.41 Å². The molecule has 3 saturated heterocycles. The molecular weight excluding hydrogens is 330 g/mol. The van der Waals surface area contributed by atoms with Crippen LogP contribution in [0.25, 0.3) is 11.0 Å². The zero-order valence-electron chi connectivity index (χ0n) is 14.8. The second kappa shape index (κ2) is 5.81. The third kappa shape index (κ3) is 2.34. The van der Waals surface area contributed by atoms with Crippen LogP contribution in [0.5, 0.6) is 0 Å². The molecule has 3 aliphatic heterocycles. The van der Waals surface area contributed by atoms with Crippen molar-refractivity contribution in [3.05, 3.63) is 30.7 Å². The predicted molar refractivity (Wildman–Crippen MR) is 98.1 cm³/mol. The highest BCUT2D eigenvalue weighted by atomic mass is 16.5. The number of ether oxygens (including phenoxy) is 1. The lowest BCUT2D eigenvalue weighted by Gasteiger charge is -2.60. The minimum absolute atomic E-state index is 0.0333. The minimum atomic E-state index is 0.0333. The Kier molecular flexibility index (Phi) is 3.53. The molecule has 0 unspecified atom stereocenters. The number of H-pyrrole nitrogens is 1. The highest BCUT2D eigenvalue weighted by Crippen LogP contribution is 2.44. The van der Waals surface area contributed by atoms with Crippen molar-refractivity contribution in [3.8, 4) is 0 Å². The molecule has 2 aromatic heterocycles. The van der Waals surface area contributed by atoms with E-state index in [4.69, 9.17) is 4.74 Å². The lowest BCUT2D eigenvalue weighted by molar-refractivity contribution is -0.139. The Morgan fingerprint density at radius 3 is 2.77 bits per heavy atom. The Balaban J connectivity index is 1.38. The second-order valence-electron chi connectivity index (χ2n) is 7.81. The fourth-order valence-electron chi connectivity index (χ4n) is 4.70. The molecule has 1 N–H and O–H groups in total. The average molecular weight is 353 g/mol. The number of hydrogen-bond donors (Lipinski definition) is 1. The van der Waals surface area contributed by atoms with E-state index < -0.39 is 0 Å². The van der Waals surface area contributed by atoms with E-state index in [2.05, 4.69) is 32.6 Å². The van der Waals surface area contributed by atoms with E-state index >= 15 is 0 Å². The Labute approximate surface area is 152 Å². The van der Waals surface area contributed by atoms with Crippen LogP contribution < -0.4 is 4.90 Å². The molecule has 2 aromatic rings. The molecule has 136 valence electrons. The van der Waals surface area contributed by atoms with Gasteiger partial charge in [0.25, 0.3) is 0 Å². The number of aromatic nitrogens is 3. The summed E-state index contributed by atoms with van der Waals surface area (Å²) in [7, 11) is 0. The number of nitrogens with zero attached hydrogens (tertiary/aromatic N) is 4. The van der Waals surface area contributed by atoms with E-state index in [1.807, 2.05) is 4.90 Å². The maximum atomic E-state index is 11.7. The summed E-state index contributed by atoms with van der Waals surface area (Å²) < 4.78 is 5.52. The minimum Gasteiger partial charge on any atom is -0.381 e. The molecule has 26 heavy (non-hydrogen) atoms. The summed E-state index contributed by atoms with van der Waals surface area (Å²) in [5.74, 6) is 1.56. The summed E-state index contributed by atoms with van der Waals surface area (Å²) in [5.41, 5.74) is 2.46. The molecular formula is C19H23N5O2. The first kappa shape index (κ1) is 15.8. The monoisotopic (exact) mass is 353 g/mol. The molecule has 1 spiro atoms. The van der Waals surface area contributed by atoms with E-state index in [0.717, 1.165) is 69.1 Å². The fourth-order valence-corrected chi connectivity index (χ4v) is 4.70. The number of anilines is 1. The van der Waals surface area contributed by atoms with Gasteiger partial charge in [0.15, 0.2) is 0 Å². The molecule has 7 nitrogen and oxygen atoms in total. The molecule has 0 bridgehead atoms. The number of amides is 1. The van der Waals surface area contributed by atoms with Crippen LogP contribution in [0.15, 0.2) is 25.2 Å². The number of fused-ring (bicyclic) bond motifs is 1. The average Bonchev–Trinajstić information content (AvgIpc) is 3.04. The summed E-state index contributed by atoms with van der Waals surface area (Å²) in [6, 6.07) is 0. The van der Waals surface area contributed by atoms with Gasteiger partial charge in [-0.25, -0.2) is 9.97 Å².